The van der Waals surface area contributed by atoms with Gasteiger partial charge < -0.3 is 10.2 Å². The molecule has 2 heterocycles. The molecule has 2 aliphatic rings. The SMILES string of the molecule is N#Cc1ccc(NC(=O)C2CSCN2C(=O)CCCN2C(=O)c3ccccc3C2=O)cc1. The smallest absolute Gasteiger partial charge is 0.261 e. The summed E-state index contributed by atoms with van der Waals surface area (Å²) >= 11 is 1.50. The van der Waals surface area contributed by atoms with E-state index in [0.717, 1.165) is 0 Å². The van der Waals surface area contributed by atoms with E-state index in [4.69, 9.17) is 5.26 Å². The maximum absolute atomic E-state index is 12.8. The predicted molar refractivity (Wildman–Crippen MR) is 119 cm³/mol. The Labute approximate surface area is 189 Å². The Bertz CT molecular complexity index is 1090. The number of nitrogens with one attached hydrogen (secondary N) is 1. The molecule has 1 atom stereocenters. The minimum Gasteiger partial charge on any atom is -0.324 e. The van der Waals surface area contributed by atoms with Crippen molar-refractivity contribution < 1.29 is 19.2 Å². The fourth-order valence-electron chi connectivity index (χ4n) is 3.73. The Morgan fingerprint density at radius 3 is 2.34 bits per heavy atom. The first-order chi connectivity index (χ1) is 15.5. The Hall–Kier alpha value is -3.64. The summed E-state index contributed by atoms with van der Waals surface area (Å²) in [5, 5.41) is 11.7. The molecule has 4 rings (SSSR count). The van der Waals surface area contributed by atoms with Crippen LogP contribution in [0.25, 0.3) is 0 Å². The third kappa shape index (κ3) is 4.22. The van der Waals surface area contributed by atoms with Crippen molar-refractivity contribution in [1.29, 1.82) is 5.26 Å². The van der Waals surface area contributed by atoms with Gasteiger partial charge in [0.25, 0.3) is 11.8 Å². The van der Waals surface area contributed by atoms with Crippen molar-refractivity contribution in [1.82, 2.24) is 9.80 Å². The van der Waals surface area contributed by atoms with Crippen LogP contribution in [0, 0.1) is 11.3 Å². The van der Waals surface area contributed by atoms with Crippen molar-refractivity contribution in [2.45, 2.75) is 18.9 Å². The lowest BCUT2D eigenvalue weighted by Gasteiger charge is -2.23. The van der Waals surface area contributed by atoms with Crippen LogP contribution in [0.4, 0.5) is 5.69 Å². The van der Waals surface area contributed by atoms with E-state index in [1.165, 1.54) is 21.6 Å². The number of carbonyl (C=O) groups excluding carboxylic acids is 4. The number of anilines is 1. The summed E-state index contributed by atoms with van der Waals surface area (Å²) in [6, 6.07) is 14.6. The van der Waals surface area contributed by atoms with E-state index in [2.05, 4.69) is 5.32 Å². The van der Waals surface area contributed by atoms with E-state index in [0.29, 0.717) is 40.4 Å². The highest BCUT2D eigenvalue weighted by atomic mass is 32.2. The molecule has 9 heteroatoms. The average Bonchev–Trinajstić information content (AvgIpc) is 3.39. The molecule has 1 unspecified atom stereocenters. The number of nitrogens with zero attached hydrogens (tertiary/aromatic N) is 3. The zero-order chi connectivity index (χ0) is 22.7. The monoisotopic (exact) mass is 448 g/mol. The van der Waals surface area contributed by atoms with Crippen molar-refractivity contribution in [3.8, 4) is 6.07 Å². The quantitative estimate of drug-likeness (QED) is 0.680. The van der Waals surface area contributed by atoms with Crippen LogP contribution in [-0.2, 0) is 9.59 Å². The molecule has 32 heavy (non-hydrogen) atoms. The summed E-state index contributed by atoms with van der Waals surface area (Å²) in [6.07, 6.45) is 0.462. The topological polar surface area (TPSA) is 111 Å². The van der Waals surface area contributed by atoms with Crippen LogP contribution in [0.1, 0.15) is 39.1 Å². The standard InChI is InChI=1S/C23H20N4O4S/c24-12-15-7-9-16(10-8-15)25-21(29)19-13-32-14-27(19)20(28)6-3-11-26-22(30)17-4-1-2-5-18(17)23(26)31/h1-2,4-5,7-10,19H,3,6,11,13-14H2,(H,25,29). The third-order valence-electron chi connectivity index (χ3n) is 5.44. The van der Waals surface area contributed by atoms with Gasteiger partial charge in [0.2, 0.25) is 11.8 Å². The molecular weight excluding hydrogens is 428 g/mol. The lowest BCUT2D eigenvalue weighted by molar-refractivity contribution is -0.136. The molecule has 4 amide bonds. The molecular formula is C23H20N4O4S. The molecule has 0 saturated carbocycles. The highest BCUT2D eigenvalue weighted by Gasteiger charge is 2.36. The minimum absolute atomic E-state index is 0.134. The van der Waals surface area contributed by atoms with Gasteiger partial charge in [0.05, 0.1) is 28.6 Å². The van der Waals surface area contributed by atoms with Crippen molar-refractivity contribution in [2.24, 2.45) is 0 Å². The summed E-state index contributed by atoms with van der Waals surface area (Å²) in [5.41, 5.74) is 1.83. The van der Waals surface area contributed by atoms with E-state index in [-0.39, 0.29) is 36.6 Å². The van der Waals surface area contributed by atoms with Crippen LogP contribution < -0.4 is 5.32 Å². The first kappa shape index (κ1) is 21.6. The Kier molecular flexibility index (Phi) is 6.23. The zero-order valence-electron chi connectivity index (χ0n) is 17.1. The molecule has 162 valence electrons. The summed E-state index contributed by atoms with van der Waals surface area (Å²) < 4.78 is 0. The lowest BCUT2D eigenvalue weighted by atomic mass is 10.1. The zero-order valence-corrected chi connectivity index (χ0v) is 17.9. The number of carbonyl (C=O) groups is 4. The lowest BCUT2D eigenvalue weighted by Crippen LogP contribution is -2.44. The summed E-state index contributed by atoms with van der Waals surface area (Å²) in [6.45, 7) is 0.154. The number of fused-ring (bicyclic) bond motifs is 1. The number of hydrogen-bond donors (Lipinski definition) is 1. The normalized spacial score (nSPS) is 17.3. The van der Waals surface area contributed by atoms with Crippen LogP contribution in [0.15, 0.2) is 48.5 Å². The second kappa shape index (κ2) is 9.24. The van der Waals surface area contributed by atoms with E-state index >= 15 is 0 Å². The summed E-state index contributed by atoms with van der Waals surface area (Å²) in [4.78, 5) is 53.0. The van der Waals surface area contributed by atoms with Crippen molar-refractivity contribution in [2.75, 3.05) is 23.5 Å². The number of amides is 4. The van der Waals surface area contributed by atoms with Gasteiger partial charge >= 0.3 is 0 Å². The molecule has 2 aliphatic heterocycles. The van der Waals surface area contributed by atoms with Crippen LogP contribution in [0.5, 0.6) is 0 Å². The number of benzene rings is 2. The Balaban J connectivity index is 1.31. The molecule has 0 spiro atoms. The minimum atomic E-state index is -0.595. The van der Waals surface area contributed by atoms with Crippen molar-refractivity contribution >= 4 is 41.1 Å². The fraction of sp³-hybridized carbons (Fsp3) is 0.261. The predicted octanol–water partition coefficient (Wildman–Crippen LogP) is 2.47. The van der Waals surface area contributed by atoms with Crippen molar-refractivity contribution in [3.63, 3.8) is 0 Å². The Morgan fingerprint density at radius 1 is 1.06 bits per heavy atom. The molecule has 2 aromatic carbocycles. The highest BCUT2D eigenvalue weighted by molar-refractivity contribution is 7.99. The Morgan fingerprint density at radius 2 is 1.72 bits per heavy atom. The van der Waals surface area contributed by atoms with Gasteiger partial charge in [0, 0.05) is 24.4 Å². The molecule has 8 nitrogen and oxygen atoms in total. The highest BCUT2D eigenvalue weighted by Crippen LogP contribution is 2.25. The van der Waals surface area contributed by atoms with E-state index in [9.17, 15) is 19.2 Å². The van der Waals surface area contributed by atoms with Crippen LogP contribution >= 0.6 is 11.8 Å². The van der Waals surface area contributed by atoms with Gasteiger partial charge in [-0.25, -0.2) is 0 Å². The summed E-state index contributed by atoms with van der Waals surface area (Å²) in [7, 11) is 0. The van der Waals surface area contributed by atoms with Crippen LogP contribution in [-0.4, -0.2) is 57.6 Å². The van der Waals surface area contributed by atoms with Crippen molar-refractivity contribution in [3.05, 3.63) is 65.2 Å². The maximum Gasteiger partial charge on any atom is 0.261 e. The van der Waals surface area contributed by atoms with Gasteiger partial charge in [-0.3, -0.25) is 24.1 Å². The summed E-state index contributed by atoms with van der Waals surface area (Å²) in [5.74, 6) is -0.243. The largest absolute Gasteiger partial charge is 0.324 e. The molecule has 2 aromatic rings. The van der Waals surface area contributed by atoms with Crippen LogP contribution in [0.2, 0.25) is 0 Å². The molecule has 0 radical (unpaired) electrons. The number of nitriles is 1. The third-order valence-corrected chi connectivity index (χ3v) is 6.45. The molecule has 0 bridgehead atoms. The molecule has 1 saturated heterocycles. The van der Waals surface area contributed by atoms with Crippen LogP contribution in [0.3, 0.4) is 0 Å². The van der Waals surface area contributed by atoms with E-state index in [1.54, 1.807) is 48.5 Å². The molecule has 1 N–H and O–H groups in total. The van der Waals surface area contributed by atoms with Gasteiger partial charge in [-0.15, -0.1) is 11.8 Å². The first-order valence-corrected chi connectivity index (χ1v) is 11.3. The number of hydrogen-bond acceptors (Lipinski definition) is 6. The molecule has 0 aliphatic carbocycles. The van der Waals surface area contributed by atoms with Gasteiger partial charge in [-0.05, 0) is 42.8 Å². The van der Waals surface area contributed by atoms with Gasteiger partial charge in [-0.2, -0.15) is 5.26 Å². The second-order valence-electron chi connectivity index (χ2n) is 7.47. The maximum atomic E-state index is 12.8. The first-order valence-electron chi connectivity index (χ1n) is 10.1. The fourth-order valence-corrected chi connectivity index (χ4v) is 4.91. The number of imide groups is 1. The van der Waals surface area contributed by atoms with Gasteiger partial charge in [0.15, 0.2) is 0 Å². The second-order valence-corrected chi connectivity index (χ2v) is 8.47. The van der Waals surface area contributed by atoms with E-state index in [1.807, 2.05) is 6.07 Å². The molecule has 1 fully saturated rings. The number of rotatable bonds is 6. The van der Waals surface area contributed by atoms with E-state index < -0.39 is 6.04 Å². The van der Waals surface area contributed by atoms with Gasteiger partial charge in [0.1, 0.15) is 6.04 Å². The molecule has 0 aromatic heterocycles. The number of thioether (sulfide) groups is 1. The average molecular weight is 449 g/mol. The van der Waals surface area contributed by atoms with Gasteiger partial charge in [-0.1, -0.05) is 12.1 Å².